The van der Waals surface area contributed by atoms with Crippen molar-refractivity contribution in [1.29, 1.82) is 0 Å². The number of benzene rings is 1. The maximum atomic E-state index is 12.0. The van der Waals surface area contributed by atoms with Gasteiger partial charge in [0.1, 0.15) is 11.4 Å². The summed E-state index contributed by atoms with van der Waals surface area (Å²) in [5.41, 5.74) is 0.921. The molecule has 1 heterocycles. The highest BCUT2D eigenvalue weighted by Gasteiger charge is 2.21. The van der Waals surface area contributed by atoms with E-state index in [1.54, 1.807) is 0 Å². The number of carbonyl (C=O) groups excluding carboxylic acids is 1. The average molecular weight is 231 g/mol. The molecule has 2 aromatic rings. The van der Waals surface area contributed by atoms with Crippen molar-refractivity contribution in [3.63, 3.8) is 0 Å². The van der Waals surface area contributed by atoms with Gasteiger partial charge in [-0.15, -0.1) is 0 Å². The standard InChI is InChI=1S/C13H15N2O2/c1-9-14-10-7-5-6-8-11(10)15(9)12(16)17-13(2,3)4/h5-8H,1H2,2-4H3. The van der Waals surface area contributed by atoms with Gasteiger partial charge in [0, 0.05) is 6.92 Å². The van der Waals surface area contributed by atoms with E-state index in [1.165, 1.54) is 4.57 Å². The molecule has 1 aromatic heterocycles. The van der Waals surface area contributed by atoms with E-state index >= 15 is 0 Å². The van der Waals surface area contributed by atoms with Gasteiger partial charge < -0.3 is 4.74 Å². The van der Waals surface area contributed by atoms with E-state index in [0.29, 0.717) is 11.3 Å². The Kier molecular flexibility index (Phi) is 2.65. The fraction of sp³-hybridized carbons (Fsp3) is 0.308. The van der Waals surface area contributed by atoms with Crippen molar-refractivity contribution in [2.75, 3.05) is 0 Å². The first kappa shape index (κ1) is 11.6. The van der Waals surface area contributed by atoms with Crippen LogP contribution in [0.25, 0.3) is 11.0 Å². The van der Waals surface area contributed by atoms with Gasteiger partial charge in [0.25, 0.3) is 0 Å². The molecule has 0 bridgehead atoms. The summed E-state index contributed by atoms with van der Waals surface area (Å²) in [6, 6.07) is 7.38. The lowest BCUT2D eigenvalue weighted by molar-refractivity contribution is 0.0542. The smallest absolute Gasteiger partial charge is 0.420 e. The Morgan fingerprint density at radius 2 is 2.00 bits per heavy atom. The molecular weight excluding hydrogens is 216 g/mol. The lowest BCUT2D eigenvalue weighted by Gasteiger charge is -2.20. The summed E-state index contributed by atoms with van der Waals surface area (Å²) in [5, 5.41) is 0. The first-order chi connectivity index (χ1) is 7.88. The third-order valence-electron chi connectivity index (χ3n) is 2.21. The first-order valence-electron chi connectivity index (χ1n) is 5.41. The monoisotopic (exact) mass is 231 g/mol. The maximum absolute atomic E-state index is 12.0. The molecule has 17 heavy (non-hydrogen) atoms. The van der Waals surface area contributed by atoms with Gasteiger partial charge in [0.2, 0.25) is 0 Å². The van der Waals surface area contributed by atoms with E-state index in [1.807, 2.05) is 45.0 Å². The second-order valence-electron chi connectivity index (χ2n) is 4.83. The number of hydrogen-bond donors (Lipinski definition) is 0. The normalized spacial score (nSPS) is 11.8. The van der Waals surface area contributed by atoms with Gasteiger partial charge in [-0.1, -0.05) is 12.1 Å². The molecule has 0 aliphatic rings. The van der Waals surface area contributed by atoms with Crippen LogP contribution in [-0.2, 0) is 4.74 Å². The van der Waals surface area contributed by atoms with E-state index in [4.69, 9.17) is 4.74 Å². The van der Waals surface area contributed by atoms with Crippen molar-refractivity contribution >= 4 is 17.1 Å². The summed E-state index contributed by atoms with van der Waals surface area (Å²) in [6.45, 7) is 9.24. The minimum atomic E-state index is -0.533. The van der Waals surface area contributed by atoms with Crippen molar-refractivity contribution in [2.45, 2.75) is 26.4 Å². The number of fused-ring (bicyclic) bond motifs is 1. The Labute approximate surface area is 100 Å². The number of nitrogens with zero attached hydrogens (tertiary/aromatic N) is 2. The number of aromatic nitrogens is 2. The van der Waals surface area contributed by atoms with E-state index in [0.717, 1.165) is 5.52 Å². The Morgan fingerprint density at radius 3 is 2.65 bits per heavy atom. The van der Waals surface area contributed by atoms with Crippen LogP contribution in [0.2, 0.25) is 0 Å². The van der Waals surface area contributed by atoms with E-state index < -0.39 is 11.7 Å². The van der Waals surface area contributed by atoms with Gasteiger partial charge in [-0.05, 0) is 32.9 Å². The Bertz CT molecular complexity index is 564. The van der Waals surface area contributed by atoms with Crippen LogP contribution in [-0.4, -0.2) is 21.2 Å². The number of imidazole rings is 1. The van der Waals surface area contributed by atoms with Crippen LogP contribution in [0.3, 0.4) is 0 Å². The predicted octanol–water partition coefficient (Wildman–Crippen LogP) is 3.00. The number of hydrogen-bond acceptors (Lipinski definition) is 3. The summed E-state index contributed by atoms with van der Waals surface area (Å²) in [5.74, 6) is 0.389. The number of rotatable bonds is 0. The minimum absolute atomic E-state index is 0.389. The van der Waals surface area contributed by atoms with Crippen molar-refractivity contribution in [1.82, 2.24) is 9.55 Å². The third kappa shape index (κ3) is 2.30. The van der Waals surface area contributed by atoms with E-state index in [2.05, 4.69) is 11.9 Å². The maximum Gasteiger partial charge on any atom is 0.420 e. The summed E-state index contributed by atoms with van der Waals surface area (Å²) in [6.07, 6.45) is -0.448. The zero-order valence-electron chi connectivity index (χ0n) is 10.2. The molecule has 2 rings (SSSR count). The number of ether oxygens (including phenoxy) is 1. The molecule has 0 aliphatic carbocycles. The highest BCUT2D eigenvalue weighted by Crippen LogP contribution is 2.18. The lowest BCUT2D eigenvalue weighted by atomic mass is 10.2. The molecule has 1 aromatic carbocycles. The average Bonchev–Trinajstić information content (AvgIpc) is 2.50. The second kappa shape index (κ2) is 3.87. The first-order valence-corrected chi connectivity index (χ1v) is 5.41. The molecule has 0 saturated carbocycles. The molecule has 0 fully saturated rings. The van der Waals surface area contributed by atoms with Crippen molar-refractivity contribution in [3.8, 4) is 0 Å². The van der Waals surface area contributed by atoms with Gasteiger partial charge in [-0.2, -0.15) is 0 Å². The Balaban J connectivity index is 2.48. The van der Waals surface area contributed by atoms with Gasteiger partial charge in [0.15, 0.2) is 0 Å². The summed E-state index contributed by atoms with van der Waals surface area (Å²) < 4.78 is 6.70. The van der Waals surface area contributed by atoms with E-state index in [9.17, 15) is 4.79 Å². The molecule has 1 radical (unpaired) electrons. The van der Waals surface area contributed by atoms with Gasteiger partial charge in [0.05, 0.1) is 11.0 Å². The van der Waals surface area contributed by atoms with Gasteiger partial charge in [-0.25, -0.2) is 14.3 Å². The SMILES string of the molecule is [CH2]c1nc2ccccc2n1C(=O)OC(C)(C)C. The predicted molar refractivity (Wildman–Crippen MR) is 65.8 cm³/mol. The molecule has 4 heteroatoms. The molecule has 0 spiro atoms. The molecule has 0 aliphatic heterocycles. The van der Waals surface area contributed by atoms with Crippen LogP contribution in [0.5, 0.6) is 0 Å². The minimum Gasteiger partial charge on any atom is -0.443 e. The molecule has 4 nitrogen and oxygen atoms in total. The molecular formula is C13H15N2O2. The molecule has 0 atom stereocenters. The van der Waals surface area contributed by atoms with Gasteiger partial charge in [-0.3, -0.25) is 0 Å². The van der Waals surface area contributed by atoms with Crippen molar-refractivity contribution < 1.29 is 9.53 Å². The number of para-hydroxylation sites is 2. The quantitative estimate of drug-likeness (QED) is 0.700. The largest absolute Gasteiger partial charge is 0.443 e. The zero-order valence-corrected chi connectivity index (χ0v) is 10.2. The fourth-order valence-electron chi connectivity index (χ4n) is 1.59. The zero-order chi connectivity index (χ0) is 12.6. The molecule has 0 unspecified atom stereocenters. The van der Waals surface area contributed by atoms with Crippen molar-refractivity contribution in [2.24, 2.45) is 0 Å². The van der Waals surface area contributed by atoms with E-state index in [-0.39, 0.29) is 0 Å². The number of carbonyl (C=O) groups is 1. The topological polar surface area (TPSA) is 44.1 Å². The van der Waals surface area contributed by atoms with Crippen LogP contribution in [0.15, 0.2) is 24.3 Å². The second-order valence-corrected chi connectivity index (χ2v) is 4.83. The Morgan fingerprint density at radius 1 is 1.35 bits per heavy atom. The highest BCUT2D eigenvalue weighted by atomic mass is 16.6. The van der Waals surface area contributed by atoms with Crippen LogP contribution >= 0.6 is 0 Å². The lowest BCUT2D eigenvalue weighted by Crippen LogP contribution is -2.27. The molecule has 0 saturated heterocycles. The Hall–Kier alpha value is -1.84. The van der Waals surface area contributed by atoms with Crippen LogP contribution in [0.1, 0.15) is 26.6 Å². The summed E-state index contributed by atoms with van der Waals surface area (Å²) in [4.78, 5) is 16.2. The third-order valence-corrected chi connectivity index (χ3v) is 2.21. The van der Waals surface area contributed by atoms with Crippen LogP contribution < -0.4 is 0 Å². The molecule has 0 amide bonds. The highest BCUT2D eigenvalue weighted by molar-refractivity contribution is 5.87. The summed E-state index contributed by atoms with van der Waals surface area (Å²) in [7, 11) is 0. The van der Waals surface area contributed by atoms with Gasteiger partial charge >= 0.3 is 6.09 Å². The molecule has 89 valence electrons. The van der Waals surface area contributed by atoms with Crippen LogP contribution in [0, 0.1) is 6.92 Å². The van der Waals surface area contributed by atoms with Crippen molar-refractivity contribution in [3.05, 3.63) is 37.0 Å². The van der Waals surface area contributed by atoms with Crippen LogP contribution in [0.4, 0.5) is 4.79 Å². The fourth-order valence-corrected chi connectivity index (χ4v) is 1.59. The summed E-state index contributed by atoms with van der Waals surface area (Å²) >= 11 is 0. The molecule has 0 N–H and O–H groups in total.